The van der Waals surface area contributed by atoms with Gasteiger partial charge in [0.15, 0.2) is 0 Å². The molecule has 0 heterocycles. The van der Waals surface area contributed by atoms with E-state index >= 15 is 0 Å². The Bertz CT molecular complexity index is 205. The van der Waals surface area contributed by atoms with E-state index in [1.807, 2.05) is 0 Å². The molecule has 0 atom stereocenters. The van der Waals surface area contributed by atoms with Crippen molar-refractivity contribution in [3.8, 4) is 0 Å². The van der Waals surface area contributed by atoms with Crippen LogP contribution < -0.4 is 5.43 Å². The normalized spacial score (nSPS) is 11.5. The summed E-state index contributed by atoms with van der Waals surface area (Å²) < 4.78 is 5.29. The summed E-state index contributed by atoms with van der Waals surface area (Å²) in [6.45, 7) is 5.78. The molecule has 5 heteroatoms. The van der Waals surface area contributed by atoms with Crippen molar-refractivity contribution < 1.29 is 14.6 Å². The van der Waals surface area contributed by atoms with E-state index in [0.717, 1.165) is 32.5 Å². The Morgan fingerprint density at radius 2 is 2.13 bits per heavy atom. The molecule has 0 saturated heterocycles. The molecule has 0 aliphatic rings. The SMILES string of the molecule is CCCOCCCCN/N=C(\C)C(=O)O. The molecule has 0 spiro atoms. The summed E-state index contributed by atoms with van der Waals surface area (Å²) in [6, 6.07) is 0. The average molecular weight is 216 g/mol. The number of aliphatic carboxylic acids is 1. The van der Waals surface area contributed by atoms with Gasteiger partial charge in [0.1, 0.15) is 5.71 Å². The number of nitrogens with one attached hydrogen (secondary N) is 1. The second-order valence-corrected chi connectivity index (χ2v) is 3.23. The number of carboxylic acids is 1. The number of ether oxygens (including phenoxy) is 1. The van der Waals surface area contributed by atoms with Crippen molar-refractivity contribution in [2.75, 3.05) is 19.8 Å². The second-order valence-electron chi connectivity index (χ2n) is 3.23. The minimum Gasteiger partial charge on any atom is -0.477 e. The molecule has 0 aromatic heterocycles. The molecule has 0 radical (unpaired) electrons. The van der Waals surface area contributed by atoms with Crippen LogP contribution in [0.4, 0.5) is 0 Å². The highest BCUT2D eigenvalue weighted by Crippen LogP contribution is 1.90. The Morgan fingerprint density at radius 3 is 2.73 bits per heavy atom. The molecule has 2 N–H and O–H groups in total. The fourth-order valence-electron chi connectivity index (χ4n) is 0.877. The van der Waals surface area contributed by atoms with E-state index in [-0.39, 0.29) is 5.71 Å². The molecule has 0 rings (SSSR count). The molecular formula is C10H20N2O3. The summed E-state index contributed by atoms with van der Waals surface area (Å²) in [7, 11) is 0. The van der Waals surface area contributed by atoms with Gasteiger partial charge < -0.3 is 15.3 Å². The molecule has 0 unspecified atom stereocenters. The smallest absolute Gasteiger partial charge is 0.351 e. The molecule has 0 saturated carbocycles. The van der Waals surface area contributed by atoms with Crippen LogP contribution in [0.3, 0.4) is 0 Å². The van der Waals surface area contributed by atoms with E-state index in [4.69, 9.17) is 9.84 Å². The van der Waals surface area contributed by atoms with Crippen LogP contribution in [0.25, 0.3) is 0 Å². The molecule has 0 aliphatic carbocycles. The summed E-state index contributed by atoms with van der Waals surface area (Å²) in [5, 5.41) is 12.2. The van der Waals surface area contributed by atoms with Crippen molar-refractivity contribution in [1.82, 2.24) is 5.43 Å². The topological polar surface area (TPSA) is 70.9 Å². The van der Waals surface area contributed by atoms with Crippen LogP contribution in [0.2, 0.25) is 0 Å². The predicted molar refractivity (Wildman–Crippen MR) is 59.1 cm³/mol. The maximum absolute atomic E-state index is 10.3. The maximum atomic E-state index is 10.3. The first-order valence-electron chi connectivity index (χ1n) is 5.26. The van der Waals surface area contributed by atoms with Gasteiger partial charge in [0.05, 0.1) is 0 Å². The van der Waals surface area contributed by atoms with Crippen molar-refractivity contribution in [1.29, 1.82) is 0 Å². The molecular weight excluding hydrogens is 196 g/mol. The number of carbonyl (C=O) groups is 1. The Morgan fingerprint density at radius 1 is 1.40 bits per heavy atom. The molecule has 88 valence electrons. The van der Waals surface area contributed by atoms with Crippen LogP contribution in [0.5, 0.6) is 0 Å². The summed E-state index contributed by atoms with van der Waals surface area (Å²) in [6.07, 6.45) is 2.94. The molecule has 0 aromatic rings. The van der Waals surface area contributed by atoms with E-state index in [1.165, 1.54) is 6.92 Å². The molecule has 15 heavy (non-hydrogen) atoms. The van der Waals surface area contributed by atoms with Crippen LogP contribution in [0, 0.1) is 0 Å². The third-order valence-electron chi connectivity index (χ3n) is 1.73. The first kappa shape index (κ1) is 13.9. The van der Waals surface area contributed by atoms with Gasteiger partial charge in [0.25, 0.3) is 0 Å². The van der Waals surface area contributed by atoms with E-state index in [0.29, 0.717) is 6.54 Å². The molecule has 0 aliphatic heterocycles. The van der Waals surface area contributed by atoms with Gasteiger partial charge >= 0.3 is 5.97 Å². The Labute approximate surface area is 90.5 Å². The molecule has 0 amide bonds. The van der Waals surface area contributed by atoms with Gasteiger partial charge in [0.2, 0.25) is 0 Å². The van der Waals surface area contributed by atoms with E-state index in [2.05, 4.69) is 17.5 Å². The monoisotopic (exact) mass is 216 g/mol. The number of hydrazone groups is 1. The second kappa shape index (κ2) is 9.45. The highest BCUT2D eigenvalue weighted by atomic mass is 16.5. The van der Waals surface area contributed by atoms with Gasteiger partial charge in [-0.25, -0.2) is 4.79 Å². The third kappa shape index (κ3) is 9.21. The summed E-state index contributed by atoms with van der Waals surface area (Å²) in [4.78, 5) is 10.3. The van der Waals surface area contributed by atoms with Crippen LogP contribution in [0.1, 0.15) is 33.1 Å². The van der Waals surface area contributed by atoms with Crippen molar-refractivity contribution in [2.45, 2.75) is 33.1 Å². The highest BCUT2D eigenvalue weighted by molar-refractivity contribution is 6.34. The molecule has 0 bridgehead atoms. The zero-order valence-corrected chi connectivity index (χ0v) is 9.45. The first-order valence-corrected chi connectivity index (χ1v) is 5.26. The lowest BCUT2D eigenvalue weighted by Crippen LogP contribution is -2.16. The minimum absolute atomic E-state index is 0.0808. The lowest BCUT2D eigenvalue weighted by molar-refractivity contribution is -0.129. The van der Waals surface area contributed by atoms with Crippen LogP contribution in [-0.4, -0.2) is 36.5 Å². The van der Waals surface area contributed by atoms with Crippen molar-refractivity contribution >= 4 is 11.7 Å². The van der Waals surface area contributed by atoms with Crippen LogP contribution >= 0.6 is 0 Å². The number of carboxylic acid groups (broad SMARTS) is 1. The van der Waals surface area contributed by atoms with Gasteiger partial charge in [0, 0.05) is 19.8 Å². The van der Waals surface area contributed by atoms with E-state index in [1.54, 1.807) is 0 Å². The van der Waals surface area contributed by atoms with Crippen molar-refractivity contribution in [2.24, 2.45) is 5.10 Å². The zero-order valence-electron chi connectivity index (χ0n) is 9.45. The van der Waals surface area contributed by atoms with Gasteiger partial charge in [-0.2, -0.15) is 5.10 Å². The molecule has 0 aromatic carbocycles. The van der Waals surface area contributed by atoms with Gasteiger partial charge in [-0.1, -0.05) is 6.92 Å². The van der Waals surface area contributed by atoms with Crippen molar-refractivity contribution in [3.63, 3.8) is 0 Å². The van der Waals surface area contributed by atoms with Gasteiger partial charge in [-0.15, -0.1) is 0 Å². The number of unbranched alkanes of at least 4 members (excludes halogenated alkanes) is 1. The lowest BCUT2D eigenvalue weighted by Gasteiger charge is -2.02. The summed E-state index contributed by atoms with van der Waals surface area (Å²) >= 11 is 0. The average Bonchev–Trinajstić information content (AvgIpc) is 2.21. The van der Waals surface area contributed by atoms with Crippen LogP contribution in [0.15, 0.2) is 5.10 Å². The minimum atomic E-state index is -0.992. The maximum Gasteiger partial charge on any atom is 0.351 e. The number of rotatable bonds is 9. The fourth-order valence-corrected chi connectivity index (χ4v) is 0.877. The quantitative estimate of drug-likeness (QED) is 0.345. The zero-order chi connectivity index (χ0) is 11.5. The largest absolute Gasteiger partial charge is 0.477 e. The number of nitrogens with zero attached hydrogens (tertiary/aromatic N) is 1. The Kier molecular flexibility index (Phi) is 8.76. The lowest BCUT2D eigenvalue weighted by atomic mass is 10.3. The third-order valence-corrected chi connectivity index (χ3v) is 1.73. The van der Waals surface area contributed by atoms with Gasteiger partial charge in [-0.3, -0.25) is 0 Å². The van der Waals surface area contributed by atoms with E-state index in [9.17, 15) is 4.79 Å². The first-order chi connectivity index (χ1) is 7.18. The number of hydrogen-bond donors (Lipinski definition) is 2. The van der Waals surface area contributed by atoms with E-state index < -0.39 is 5.97 Å². The molecule has 0 fully saturated rings. The Balaban J connectivity index is 3.25. The fraction of sp³-hybridized carbons (Fsp3) is 0.800. The number of hydrogen-bond acceptors (Lipinski definition) is 4. The molecule has 5 nitrogen and oxygen atoms in total. The predicted octanol–water partition coefficient (Wildman–Crippen LogP) is 1.24. The summed E-state index contributed by atoms with van der Waals surface area (Å²) in [5.41, 5.74) is 2.79. The summed E-state index contributed by atoms with van der Waals surface area (Å²) in [5.74, 6) is -0.992. The van der Waals surface area contributed by atoms with Crippen molar-refractivity contribution in [3.05, 3.63) is 0 Å². The van der Waals surface area contributed by atoms with Gasteiger partial charge in [-0.05, 0) is 26.2 Å². The Hall–Kier alpha value is -1.10. The standard InChI is InChI=1S/C10H20N2O3/c1-3-7-15-8-5-4-6-11-12-9(2)10(13)14/h11H,3-8H2,1-2H3,(H,13,14)/b12-9+. The highest BCUT2D eigenvalue weighted by Gasteiger charge is 1.99. The van der Waals surface area contributed by atoms with Crippen LogP contribution in [-0.2, 0) is 9.53 Å².